The summed E-state index contributed by atoms with van der Waals surface area (Å²) < 4.78 is 5.04. The number of hydrogen-bond donors (Lipinski definition) is 1. The van der Waals surface area contributed by atoms with Gasteiger partial charge in [0.15, 0.2) is 0 Å². The van der Waals surface area contributed by atoms with E-state index in [1.54, 1.807) is 31.5 Å². The predicted octanol–water partition coefficient (Wildman–Crippen LogP) is 0.882. The lowest BCUT2D eigenvalue weighted by Gasteiger charge is -2.05. The first-order valence-electron chi connectivity index (χ1n) is 3.65. The minimum Gasteiger partial charge on any atom is -0.496 e. The number of benzene rings is 1. The van der Waals surface area contributed by atoms with Gasteiger partial charge in [-0.2, -0.15) is 10.3 Å². The summed E-state index contributed by atoms with van der Waals surface area (Å²) in [5, 5.41) is 8.30. The highest BCUT2D eigenvalue weighted by Gasteiger charge is 2.04. The van der Waals surface area contributed by atoms with Crippen LogP contribution in [0.3, 0.4) is 0 Å². The Hall–Kier alpha value is -2.02. The van der Waals surface area contributed by atoms with Crippen molar-refractivity contribution in [2.45, 2.75) is 0 Å². The van der Waals surface area contributed by atoms with Gasteiger partial charge < -0.3 is 10.5 Å². The van der Waals surface area contributed by atoms with E-state index in [9.17, 15) is 0 Å². The lowest BCUT2D eigenvalue weighted by Crippen LogP contribution is -2.13. The number of nitrogens with two attached hydrogens (primary N) is 1. The highest BCUT2D eigenvalue weighted by atomic mass is 16.5. The summed E-state index contributed by atoms with van der Waals surface area (Å²) in [6.45, 7) is 0. The first-order valence-corrected chi connectivity index (χ1v) is 3.65. The van der Waals surface area contributed by atoms with Crippen molar-refractivity contribution in [3.05, 3.63) is 29.8 Å². The van der Waals surface area contributed by atoms with E-state index in [4.69, 9.17) is 15.7 Å². The number of hydrogen-bond acceptors (Lipinski definition) is 3. The molecule has 0 bridgehead atoms. The topological polar surface area (TPSA) is 71.4 Å². The molecule has 13 heavy (non-hydrogen) atoms. The van der Waals surface area contributed by atoms with Crippen LogP contribution in [0.25, 0.3) is 0 Å². The van der Waals surface area contributed by atoms with Gasteiger partial charge in [-0.25, -0.2) is 0 Å². The monoisotopic (exact) mass is 175 g/mol. The van der Waals surface area contributed by atoms with Crippen molar-refractivity contribution in [1.82, 2.24) is 0 Å². The van der Waals surface area contributed by atoms with E-state index in [-0.39, 0.29) is 5.84 Å². The van der Waals surface area contributed by atoms with E-state index in [0.29, 0.717) is 11.3 Å². The third kappa shape index (κ3) is 1.97. The second kappa shape index (κ2) is 4.12. The molecule has 0 aliphatic heterocycles. The summed E-state index contributed by atoms with van der Waals surface area (Å²) in [6, 6.07) is 7.13. The van der Waals surface area contributed by atoms with Crippen molar-refractivity contribution in [3.63, 3.8) is 0 Å². The van der Waals surface area contributed by atoms with Crippen LogP contribution < -0.4 is 10.5 Å². The second-order valence-corrected chi connectivity index (χ2v) is 2.30. The number of aliphatic imine (C=N–C) groups is 1. The van der Waals surface area contributed by atoms with Crippen LogP contribution in [-0.2, 0) is 0 Å². The molecule has 2 N–H and O–H groups in total. The molecule has 0 atom stereocenters. The highest BCUT2D eigenvalue weighted by molar-refractivity contribution is 6.00. The second-order valence-electron chi connectivity index (χ2n) is 2.30. The first-order chi connectivity index (χ1) is 6.29. The maximum Gasteiger partial charge on any atom is 0.207 e. The Morgan fingerprint density at radius 2 is 2.23 bits per heavy atom. The number of methoxy groups -OCH3 is 1. The molecule has 0 saturated heterocycles. The first kappa shape index (κ1) is 9.07. The Balaban J connectivity index is 3.15. The summed E-state index contributed by atoms with van der Waals surface area (Å²) in [5.41, 5.74) is 6.16. The van der Waals surface area contributed by atoms with Crippen LogP contribution in [0.1, 0.15) is 5.56 Å². The summed E-state index contributed by atoms with van der Waals surface area (Å²) in [6.07, 6.45) is 1.62. The summed E-state index contributed by atoms with van der Waals surface area (Å²) in [7, 11) is 1.54. The van der Waals surface area contributed by atoms with Crippen LogP contribution in [0.4, 0.5) is 0 Å². The van der Waals surface area contributed by atoms with Gasteiger partial charge in [0.2, 0.25) is 6.19 Å². The van der Waals surface area contributed by atoms with Gasteiger partial charge in [-0.15, -0.1) is 0 Å². The number of nitriles is 1. The van der Waals surface area contributed by atoms with Crippen molar-refractivity contribution in [3.8, 4) is 11.9 Å². The third-order valence-electron chi connectivity index (χ3n) is 1.55. The zero-order valence-electron chi connectivity index (χ0n) is 7.19. The molecule has 0 fully saturated rings. The highest BCUT2D eigenvalue weighted by Crippen LogP contribution is 2.16. The van der Waals surface area contributed by atoms with Gasteiger partial charge in [0.05, 0.1) is 12.7 Å². The molecule has 66 valence electrons. The molecule has 0 aliphatic rings. The molecule has 1 aromatic rings. The lowest BCUT2D eigenvalue weighted by molar-refractivity contribution is 0.414. The van der Waals surface area contributed by atoms with E-state index in [0.717, 1.165) is 0 Å². The normalized spacial score (nSPS) is 10.6. The Labute approximate surface area is 76.3 Å². The van der Waals surface area contributed by atoms with Gasteiger partial charge >= 0.3 is 0 Å². The smallest absolute Gasteiger partial charge is 0.207 e. The lowest BCUT2D eigenvalue weighted by atomic mass is 10.2. The molecule has 0 saturated carbocycles. The standard InChI is InChI=1S/C9H9N3O/c1-13-8-5-3-2-4-7(8)9(11)12-6-10/h2-5H,1H3,(H2,11,12). The summed E-state index contributed by atoms with van der Waals surface area (Å²) in [5.74, 6) is 0.777. The van der Waals surface area contributed by atoms with Gasteiger partial charge in [-0.05, 0) is 12.1 Å². The summed E-state index contributed by atoms with van der Waals surface area (Å²) in [4.78, 5) is 3.42. The van der Waals surface area contributed by atoms with Crippen LogP contribution >= 0.6 is 0 Å². The molecular formula is C9H9N3O. The molecule has 0 radical (unpaired) electrons. The molecule has 0 aliphatic carbocycles. The van der Waals surface area contributed by atoms with E-state index >= 15 is 0 Å². The van der Waals surface area contributed by atoms with Gasteiger partial charge in [0.25, 0.3) is 0 Å². The molecule has 1 rings (SSSR count). The zero-order chi connectivity index (χ0) is 9.68. The maximum atomic E-state index is 8.30. The number of ether oxygens (including phenoxy) is 1. The predicted molar refractivity (Wildman–Crippen MR) is 49.3 cm³/mol. The van der Waals surface area contributed by atoms with Crippen LogP contribution in [0, 0.1) is 11.5 Å². The fourth-order valence-electron chi connectivity index (χ4n) is 0.970. The zero-order valence-corrected chi connectivity index (χ0v) is 7.19. The molecule has 4 nitrogen and oxygen atoms in total. The van der Waals surface area contributed by atoms with E-state index < -0.39 is 0 Å². The minimum absolute atomic E-state index is 0.167. The van der Waals surface area contributed by atoms with Crippen LogP contribution in [0.15, 0.2) is 29.3 Å². The van der Waals surface area contributed by atoms with Crippen LogP contribution in [-0.4, -0.2) is 12.9 Å². The number of rotatable bonds is 2. The van der Waals surface area contributed by atoms with Gasteiger partial charge in [-0.1, -0.05) is 12.1 Å². The average molecular weight is 175 g/mol. The third-order valence-corrected chi connectivity index (χ3v) is 1.55. The summed E-state index contributed by atoms with van der Waals surface area (Å²) >= 11 is 0. The Bertz CT molecular complexity index is 365. The van der Waals surface area contributed by atoms with Crippen molar-refractivity contribution >= 4 is 5.84 Å². The Morgan fingerprint density at radius 3 is 2.85 bits per heavy atom. The Kier molecular flexibility index (Phi) is 2.87. The fraction of sp³-hybridized carbons (Fsp3) is 0.111. The number of amidine groups is 1. The molecule has 0 aromatic heterocycles. The molecule has 1 aromatic carbocycles. The number of para-hydroxylation sites is 1. The van der Waals surface area contributed by atoms with E-state index in [2.05, 4.69) is 4.99 Å². The van der Waals surface area contributed by atoms with Crippen molar-refractivity contribution < 1.29 is 4.74 Å². The average Bonchev–Trinajstić information content (AvgIpc) is 2.18. The van der Waals surface area contributed by atoms with E-state index in [1.807, 2.05) is 6.07 Å². The van der Waals surface area contributed by atoms with Crippen LogP contribution in [0.2, 0.25) is 0 Å². The molecular weight excluding hydrogens is 166 g/mol. The van der Waals surface area contributed by atoms with Crippen molar-refractivity contribution in [1.29, 1.82) is 5.26 Å². The molecule has 0 spiro atoms. The Morgan fingerprint density at radius 1 is 1.54 bits per heavy atom. The van der Waals surface area contributed by atoms with Crippen molar-refractivity contribution in [2.24, 2.45) is 10.7 Å². The van der Waals surface area contributed by atoms with Crippen molar-refractivity contribution in [2.75, 3.05) is 7.11 Å². The largest absolute Gasteiger partial charge is 0.496 e. The molecule has 0 heterocycles. The molecule has 0 unspecified atom stereocenters. The van der Waals surface area contributed by atoms with E-state index in [1.165, 1.54) is 0 Å². The van der Waals surface area contributed by atoms with Gasteiger partial charge in [-0.3, -0.25) is 0 Å². The van der Waals surface area contributed by atoms with Gasteiger partial charge in [0, 0.05) is 0 Å². The fourth-order valence-corrected chi connectivity index (χ4v) is 0.970. The van der Waals surface area contributed by atoms with Gasteiger partial charge in [0.1, 0.15) is 11.6 Å². The molecule has 4 heteroatoms. The minimum atomic E-state index is 0.167. The maximum absolute atomic E-state index is 8.30. The number of nitrogens with zero attached hydrogens (tertiary/aromatic N) is 2. The SMILES string of the molecule is COc1ccccc1/C(N)=N/C#N. The quantitative estimate of drug-likeness (QED) is 0.412. The molecule has 0 amide bonds. The van der Waals surface area contributed by atoms with Crippen LogP contribution in [0.5, 0.6) is 5.75 Å².